The van der Waals surface area contributed by atoms with E-state index in [0.29, 0.717) is 12.8 Å². The molecular formula is C52H89NaO7S. The number of esters is 2. The molecule has 0 bridgehead atoms. The number of ether oxygens (including phenoxy) is 2. The Hall–Kier alpha value is -1.45. The van der Waals surface area contributed by atoms with E-state index in [1.165, 1.54) is 173 Å². The molecule has 0 radical (unpaired) electrons. The van der Waals surface area contributed by atoms with Crippen LogP contribution in [0.15, 0.2) is 47.4 Å². The number of allylic oxidation sites excluding steroid dienone is 4. The van der Waals surface area contributed by atoms with E-state index in [1.54, 1.807) is 0 Å². The third kappa shape index (κ3) is 36.6. The van der Waals surface area contributed by atoms with Crippen LogP contribution < -0.4 is 29.6 Å². The van der Waals surface area contributed by atoms with E-state index < -0.39 is 27.0 Å². The summed E-state index contributed by atoms with van der Waals surface area (Å²) in [6.07, 6.45) is 53.7. The van der Waals surface area contributed by atoms with Gasteiger partial charge in [-0.25, -0.2) is 18.0 Å². The number of unbranched alkanes of at least 4 members (excludes halogenated alkanes) is 32. The summed E-state index contributed by atoms with van der Waals surface area (Å²) in [6.45, 7) is 4.89. The fraction of sp³-hybridized carbons (Fsp3) is 0.769. The number of hydrogen-bond donors (Lipinski definition) is 0. The third-order valence-corrected chi connectivity index (χ3v) is 12.3. The first-order valence-corrected chi connectivity index (χ1v) is 26.5. The summed E-state index contributed by atoms with van der Waals surface area (Å²) in [5.74, 6) is -1.55. The second-order valence-electron chi connectivity index (χ2n) is 17.1. The molecule has 0 saturated heterocycles. The second kappa shape index (κ2) is 43.8. The van der Waals surface area contributed by atoms with Gasteiger partial charge in [0.1, 0.15) is 10.1 Å². The molecule has 0 aliphatic rings. The summed E-state index contributed by atoms with van der Waals surface area (Å²) in [4.78, 5) is 25.3. The second-order valence-corrected chi connectivity index (χ2v) is 18.5. The van der Waals surface area contributed by atoms with Gasteiger partial charge >= 0.3 is 41.5 Å². The topological polar surface area (TPSA) is 110 Å². The fourth-order valence-corrected chi connectivity index (χ4v) is 8.12. The molecule has 0 fully saturated rings. The number of hydrogen-bond acceptors (Lipinski definition) is 7. The molecule has 346 valence electrons. The first-order chi connectivity index (χ1) is 29.3. The predicted octanol–water partition coefficient (Wildman–Crippen LogP) is 13.1. The summed E-state index contributed by atoms with van der Waals surface area (Å²) in [6, 6.07) is 3.14. The van der Waals surface area contributed by atoms with Crippen LogP contribution in [0.4, 0.5) is 0 Å². The monoisotopic (exact) mass is 881 g/mol. The van der Waals surface area contributed by atoms with Gasteiger partial charge in [-0.2, -0.15) is 0 Å². The standard InChI is InChI=1S/C52H90O7S.Na/c1-3-5-7-9-11-13-15-17-19-21-23-25-27-29-31-33-35-37-39-41-45-58-51(53)49-44-43-48(60(55,56)57)47-50(49)52(54)59-46-42-40-38-36-34-32-30-28-26-24-22-20-18-16-14-12-10-8-6-4-2;/h23-26,43-44,47H,3-22,27-42,45-46H2,1-2H3,(H,55,56,57);/q;+1/p-1/b25-23+,26-24+;. The Morgan fingerprint density at radius 2 is 0.721 bits per heavy atom. The van der Waals surface area contributed by atoms with Crippen LogP contribution in [0.25, 0.3) is 0 Å². The average molecular weight is 881 g/mol. The molecule has 0 unspecified atom stereocenters. The van der Waals surface area contributed by atoms with Crippen LogP contribution in [0.3, 0.4) is 0 Å². The SMILES string of the molecule is CCCCCCCCCCC/C=C/CCCCCCCCCOC(=O)c1ccc(S(=O)(=O)[O-])cc1C(=O)OCCCCCCCCC/C=C/CCCCCCCCCCC.[Na+]. The predicted molar refractivity (Wildman–Crippen MR) is 251 cm³/mol. The van der Waals surface area contributed by atoms with Gasteiger partial charge in [0.05, 0.1) is 29.2 Å². The third-order valence-electron chi connectivity index (χ3n) is 11.5. The molecule has 0 aliphatic carbocycles. The fourth-order valence-electron chi connectivity index (χ4n) is 7.62. The quantitative estimate of drug-likeness (QED) is 0.0211. The van der Waals surface area contributed by atoms with Crippen molar-refractivity contribution in [2.24, 2.45) is 0 Å². The van der Waals surface area contributed by atoms with Crippen molar-refractivity contribution < 1.29 is 61.6 Å². The molecule has 0 spiro atoms. The van der Waals surface area contributed by atoms with Crippen LogP contribution in [0.1, 0.15) is 266 Å². The van der Waals surface area contributed by atoms with Crippen LogP contribution in [-0.2, 0) is 19.6 Å². The zero-order chi connectivity index (χ0) is 43.6. The minimum absolute atomic E-state index is 0. The van der Waals surface area contributed by atoms with Gasteiger partial charge in [-0.15, -0.1) is 0 Å². The van der Waals surface area contributed by atoms with Crippen molar-refractivity contribution >= 4 is 22.1 Å². The Morgan fingerprint density at radius 1 is 0.443 bits per heavy atom. The van der Waals surface area contributed by atoms with E-state index in [0.717, 1.165) is 63.5 Å². The number of benzene rings is 1. The molecule has 7 nitrogen and oxygen atoms in total. The van der Waals surface area contributed by atoms with Gasteiger partial charge < -0.3 is 14.0 Å². The molecule has 61 heavy (non-hydrogen) atoms. The van der Waals surface area contributed by atoms with E-state index in [2.05, 4.69) is 38.2 Å². The molecule has 0 saturated carbocycles. The minimum atomic E-state index is -4.82. The summed E-state index contributed by atoms with van der Waals surface area (Å²) in [5.41, 5.74) is -0.342. The number of carbonyl (C=O) groups is 2. The van der Waals surface area contributed by atoms with Gasteiger partial charge in [0.25, 0.3) is 0 Å². The van der Waals surface area contributed by atoms with Crippen molar-refractivity contribution in [2.75, 3.05) is 13.2 Å². The van der Waals surface area contributed by atoms with E-state index in [1.807, 2.05) is 0 Å². The molecule has 0 atom stereocenters. The molecule has 9 heteroatoms. The van der Waals surface area contributed by atoms with Crippen molar-refractivity contribution in [1.29, 1.82) is 0 Å². The number of carbonyl (C=O) groups excluding carboxylic acids is 2. The first kappa shape index (κ1) is 59.5. The van der Waals surface area contributed by atoms with Crippen molar-refractivity contribution in [1.82, 2.24) is 0 Å². The van der Waals surface area contributed by atoms with Crippen molar-refractivity contribution in [3.63, 3.8) is 0 Å². The normalized spacial score (nSPS) is 11.7. The van der Waals surface area contributed by atoms with Crippen LogP contribution in [0.5, 0.6) is 0 Å². The summed E-state index contributed by atoms with van der Waals surface area (Å²) in [5, 5.41) is 0. The zero-order valence-corrected chi connectivity index (χ0v) is 42.5. The first-order valence-electron chi connectivity index (χ1n) is 25.0. The van der Waals surface area contributed by atoms with E-state index >= 15 is 0 Å². The van der Waals surface area contributed by atoms with Crippen LogP contribution in [0, 0.1) is 0 Å². The van der Waals surface area contributed by atoms with Crippen molar-refractivity contribution in [3.05, 3.63) is 53.6 Å². The van der Waals surface area contributed by atoms with Crippen molar-refractivity contribution in [2.45, 2.75) is 250 Å². The average Bonchev–Trinajstić information content (AvgIpc) is 3.24. The summed E-state index contributed by atoms with van der Waals surface area (Å²) >= 11 is 0. The molecule has 1 rings (SSSR count). The van der Waals surface area contributed by atoms with Gasteiger partial charge in [0.15, 0.2) is 0 Å². The molecule has 1 aromatic carbocycles. The summed E-state index contributed by atoms with van der Waals surface area (Å²) in [7, 11) is -4.82. The smallest absolute Gasteiger partial charge is 0.744 e. The molecule has 0 heterocycles. The van der Waals surface area contributed by atoms with Gasteiger partial charge in [0.2, 0.25) is 0 Å². The largest absolute Gasteiger partial charge is 1.00 e. The van der Waals surface area contributed by atoms with Crippen LogP contribution >= 0.6 is 0 Å². The molecule has 0 N–H and O–H groups in total. The van der Waals surface area contributed by atoms with Gasteiger partial charge in [-0.3, -0.25) is 0 Å². The molecular weight excluding hydrogens is 792 g/mol. The van der Waals surface area contributed by atoms with Crippen LogP contribution in [-0.4, -0.2) is 38.1 Å². The Bertz CT molecular complexity index is 1340. The van der Waals surface area contributed by atoms with E-state index in [-0.39, 0.29) is 53.9 Å². The van der Waals surface area contributed by atoms with E-state index in [9.17, 15) is 22.6 Å². The van der Waals surface area contributed by atoms with Gasteiger partial charge in [-0.05, 0) is 82.4 Å². The zero-order valence-electron chi connectivity index (χ0n) is 39.7. The van der Waals surface area contributed by atoms with Gasteiger partial charge in [0, 0.05) is 0 Å². The maximum absolute atomic E-state index is 13.0. The van der Waals surface area contributed by atoms with Crippen LogP contribution in [0.2, 0.25) is 0 Å². The minimum Gasteiger partial charge on any atom is -0.744 e. The Morgan fingerprint density at radius 3 is 1.03 bits per heavy atom. The van der Waals surface area contributed by atoms with Crippen molar-refractivity contribution in [3.8, 4) is 0 Å². The molecule has 0 amide bonds. The van der Waals surface area contributed by atoms with Gasteiger partial charge in [-0.1, -0.05) is 205 Å². The van der Waals surface area contributed by atoms with E-state index in [4.69, 9.17) is 9.47 Å². The maximum atomic E-state index is 13.0. The molecule has 0 aromatic heterocycles. The Labute approximate surface area is 397 Å². The molecule has 0 aliphatic heterocycles. The maximum Gasteiger partial charge on any atom is 1.00 e. The Kier molecular flexibility index (Phi) is 42.7. The molecule has 1 aromatic rings. The summed E-state index contributed by atoms with van der Waals surface area (Å²) < 4.78 is 45.9. The number of rotatable bonds is 43. The Balaban J connectivity index is 0.0000360.